The van der Waals surface area contributed by atoms with E-state index in [0.717, 1.165) is 12.1 Å². The first-order chi connectivity index (χ1) is 15.9. The first-order valence-corrected chi connectivity index (χ1v) is 11.8. The van der Waals surface area contributed by atoms with Crippen LogP contribution < -0.4 is 4.74 Å². The average molecular weight is 497 g/mol. The van der Waals surface area contributed by atoms with Crippen LogP contribution in [0.2, 0.25) is 0 Å². The number of halogens is 3. The number of sulfone groups is 1. The van der Waals surface area contributed by atoms with E-state index in [1.165, 1.54) is 30.3 Å². The van der Waals surface area contributed by atoms with Crippen molar-refractivity contribution in [3.63, 3.8) is 0 Å². The van der Waals surface area contributed by atoms with Gasteiger partial charge in [-0.2, -0.15) is 13.2 Å². The summed E-state index contributed by atoms with van der Waals surface area (Å²) in [6.07, 6.45) is -4.47. The summed E-state index contributed by atoms with van der Waals surface area (Å²) in [5.41, 5.74) is 0.292. The fourth-order valence-electron chi connectivity index (χ4n) is 3.06. The van der Waals surface area contributed by atoms with E-state index >= 15 is 0 Å². The summed E-state index contributed by atoms with van der Waals surface area (Å²) in [7, 11) is -3.84. The third-order valence-corrected chi connectivity index (χ3v) is 6.44. The minimum absolute atomic E-state index is 0.0142. The SMILES string of the molecule is CCOC(=O)COc1ccc(S(=O)(=O)Cc2oc(-c3ccc(C(F)(F)F)cc3)nc2C)cc1C. The molecule has 34 heavy (non-hydrogen) atoms. The zero-order valence-electron chi connectivity index (χ0n) is 18.6. The fourth-order valence-corrected chi connectivity index (χ4v) is 4.47. The number of carbonyl (C=O) groups excluding carboxylic acids is 1. The highest BCUT2D eigenvalue weighted by Gasteiger charge is 2.30. The summed E-state index contributed by atoms with van der Waals surface area (Å²) in [6, 6.07) is 8.45. The highest BCUT2D eigenvalue weighted by atomic mass is 32.2. The van der Waals surface area contributed by atoms with Crippen molar-refractivity contribution >= 4 is 15.8 Å². The van der Waals surface area contributed by atoms with Crippen LogP contribution in [0.5, 0.6) is 5.75 Å². The lowest BCUT2D eigenvalue weighted by molar-refractivity contribution is -0.145. The summed E-state index contributed by atoms with van der Waals surface area (Å²) in [4.78, 5) is 15.6. The Balaban J connectivity index is 1.77. The Kier molecular flexibility index (Phi) is 7.35. The monoisotopic (exact) mass is 497 g/mol. The summed E-state index contributed by atoms with van der Waals surface area (Å²) in [5, 5.41) is 0. The molecule has 0 saturated carbocycles. The van der Waals surface area contributed by atoms with Crippen molar-refractivity contribution in [1.29, 1.82) is 0 Å². The van der Waals surface area contributed by atoms with Gasteiger partial charge in [0.25, 0.3) is 0 Å². The van der Waals surface area contributed by atoms with Crippen LogP contribution in [0.15, 0.2) is 51.8 Å². The van der Waals surface area contributed by atoms with E-state index in [0.29, 0.717) is 22.6 Å². The lowest BCUT2D eigenvalue weighted by Crippen LogP contribution is -2.15. The van der Waals surface area contributed by atoms with Gasteiger partial charge in [0.1, 0.15) is 17.3 Å². The molecule has 0 saturated heterocycles. The van der Waals surface area contributed by atoms with E-state index in [1.807, 2.05) is 0 Å². The standard InChI is InChI=1S/C23H22F3NO6S/c1-4-31-21(28)12-32-19-10-9-18(11-14(19)2)34(29,30)13-20-15(3)27-22(33-20)16-5-7-17(8-6-16)23(24,25)26/h5-11H,4,12-13H2,1-3H3. The van der Waals surface area contributed by atoms with Gasteiger partial charge in [-0.25, -0.2) is 18.2 Å². The Hall–Kier alpha value is -3.34. The normalized spacial score (nSPS) is 11.9. The van der Waals surface area contributed by atoms with Crippen LogP contribution in [0, 0.1) is 13.8 Å². The van der Waals surface area contributed by atoms with Gasteiger partial charge in [-0.3, -0.25) is 0 Å². The summed E-state index contributed by atoms with van der Waals surface area (Å²) >= 11 is 0. The predicted molar refractivity (Wildman–Crippen MR) is 116 cm³/mol. The van der Waals surface area contributed by atoms with Gasteiger partial charge in [0, 0.05) is 5.56 Å². The van der Waals surface area contributed by atoms with Crippen LogP contribution in [-0.4, -0.2) is 32.6 Å². The Morgan fingerprint density at radius 3 is 2.35 bits per heavy atom. The molecule has 0 radical (unpaired) electrons. The highest BCUT2D eigenvalue weighted by Crippen LogP contribution is 2.32. The molecule has 1 aromatic heterocycles. The third-order valence-electron chi connectivity index (χ3n) is 4.83. The van der Waals surface area contributed by atoms with E-state index in [-0.39, 0.29) is 29.8 Å². The van der Waals surface area contributed by atoms with Gasteiger partial charge in [-0.15, -0.1) is 0 Å². The number of alkyl halides is 3. The van der Waals surface area contributed by atoms with E-state index in [9.17, 15) is 26.4 Å². The minimum Gasteiger partial charge on any atom is -0.482 e. The van der Waals surface area contributed by atoms with Crippen molar-refractivity contribution in [2.45, 2.75) is 37.6 Å². The van der Waals surface area contributed by atoms with Crippen LogP contribution >= 0.6 is 0 Å². The van der Waals surface area contributed by atoms with Gasteiger partial charge >= 0.3 is 12.1 Å². The van der Waals surface area contributed by atoms with E-state index in [1.54, 1.807) is 20.8 Å². The number of benzene rings is 2. The maximum atomic E-state index is 12.9. The molecule has 0 bridgehead atoms. The van der Waals surface area contributed by atoms with Crippen LogP contribution in [0.4, 0.5) is 13.2 Å². The van der Waals surface area contributed by atoms with Crippen molar-refractivity contribution < 1.29 is 40.3 Å². The summed E-state index contributed by atoms with van der Waals surface area (Å²) < 4.78 is 79.9. The van der Waals surface area contributed by atoms with Gasteiger partial charge in [0.2, 0.25) is 5.89 Å². The number of aromatic nitrogens is 1. The van der Waals surface area contributed by atoms with Crippen LogP contribution in [0.1, 0.15) is 29.5 Å². The Labute approximate surface area is 194 Å². The Morgan fingerprint density at radius 2 is 1.76 bits per heavy atom. The van der Waals surface area contributed by atoms with Crippen LogP contribution in [-0.2, 0) is 31.3 Å². The second-order valence-electron chi connectivity index (χ2n) is 7.38. The van der Waals surface area contributed by atoms with E-state index < -0.39 is 33.3 Å². The number of hydrogen-bond donors (Lipinski definition) is 0. The van der Waals surface area contributed by atoms with Crippen molar-refractivity contribution in [3.8, 4) is 17.2 Å². The molecule has 3 aromatic rings. The maximum absolute atomic E-state index is 12.9. The first kappa shape index (κ1) is 25.3. The smallest absolute Gasteiger partial charge is 0.416 e. The lowest BCUT2D eigenvalue weighted by Gasteiger charge is -2.10. The van der Waals surface area contributed by atoms with Crippen LogP contribution in [0.3, 0.4) is 0 Å². The van der Waals surface area contributed by atoms with Crippen molar-refractivity contribution in [1.82, 2.24) is 4.98 Å². The number of ether oxygens (including phenoxy) is 2. The van der Waals surface area contributed by atoms with E-state index in [2.05, 4.69) is 4.98 Å². The Bertz CT molecular complexity index is 1280. The molecule has 7 nitrogen and oxygen atoms in total. The fraction of sp³-hybridized carbons (Fsp3) is 0.304. The molecule has 182 valence electrons. The molecule has 1 heterocycles. The van der Waals surface area contributed by atoms with Gasteiger partial charge in [-0.1, -0.05) is 0 Å². The molecule has 0 N–H and O–H groups in total. The molecule has 3 rings (SSSR count). The molecular weight excluding hydrogens is 475 g/mol. The highest BCUT2D eigenvalue weighted by molar-refractivity contribution is 7.90. The average Bonchev–Trinajstić information content (AvgIpc) is 3.12. The van der Waals surface area contributed by atoms with E-state index in [4.69, 9.17) is 13.9 Å². The maximum Gasteiger partial charge on any atom is 0.416 e. The number of hydrogen-bond acceptors (Lipinski definition) is 7. The molecule has 0 amide bonds. The molecule has 11 heteroatoms. The molecule has 0 spiro atoms. The van der Waals surface area contributed by atoms with Crippen molar-refractivity contribution in [3.05, 3.63) is 65.0 Å². The molecular formula is C23H22F3NO6S. The second-order valence-corrected chi connectivity index (χ2v) is 9.37. The lowest BCUT2D eigenvalue weighted by atomic mass is 10.1. The molecule has 0 unspecified atom stereocenters. The number of rotatable bonds is 8. The molecule has 2 aromatic carbocycles. The molecule has 0 aliphatic heterocycles. The molecule has 0 fully saturated rings. The summed E-state index contributed by atoms with van der Waals surface area (Å²) in [6.45, 7) is 4.79. The first-order valence-electron chi connectivity index (χ1n) is 10.2. The zero-order chi connectivity index (χ0) is 25.1. The number of oxazole rings is 1. The topological polar surface area (TPSA) is 95.7 Å². The van der Waals surface area contributed by atoms with Gasteiger partial charge in [0.05, 0.1) is 22.8 Å². The number of carbonyl (C=O) groups is 1. The third kappa shape index (κ3) is 5.96. The van der Waals surface area contributed by atoms with Crippen molar-refractivity contribution in [2.75, 3.05) is 13.2 Å². The van der Waals surface area contributed by atoms with Crippen LogP contribution in [0.25, 0.3) is 11.5 Å². The second kappa shape index (κ2) is 9.88. The van der Waals surface area contributed by atoms with Crippen molar-refractivity contribution in [2.24, 2.45) is 0 Å². The quantitative estimate of drug-likeness (QED) is 0.409. The molecule has 0 atom stereocenters. The van der Waals surface area contributed by atoms with Gasteiger partial charge in [0.15, 0.2) is 16.4 Å². The zero-order valence-corrected chi connectivity index (χ0v) is 19.4. The molecule has 0 aliphatic rings. The number of aryl methyl sites for hydroxylation is 2. The van der Waals surface area contributed by atoms with Gasteiger partial charge in [-0.05, 0) is 68.8 Å². The predicted octanol–water partition coefficient (Wildman–Crippen LogP) is 4.89. The number of nitrogens with zero attached hydrogens (tertiary/aromatic N) is 1. The Morgan fingerprint density at radius 1 is 1.09 bits per heavy atom. The largest absolute Gasteiger partial charge is 0.482 e. The van der Waals surface area contributed by atoms with Gasteiger partial charge < -0.3 is 13.9 Å². The summed E-state index contributed by atoms with van der Waals surface area (Å²) in [5.74, 6) is -0.587. The minimum atomic E-state index is -4.47. The number of esters is 1. The molecule has 0 aliphatic carbocycles.